The second-order valence-electron chi connectivity index (χ2n) is 3.97. The van der Waals surface area contributed by atoms with Crippen LogP contribution in [-0.2, 0) is 4.79 Å². The summed E-state index contributed by atoms with van der Waals surface area (Å²) in [4.78, 5) is 10.3. The molecule has 0 saturated heterocycles. The van der Waals surface area contributed by atoms with Crippen molar-refractivity contribution >= 4 is 5.97 Å². The Labute approximate surface area is 89.9 Å². The minimum absolute atomic E-state index is 0.0310. The second kappa shape index (κ2) is 4.94. The summed E-state index contributed by atoms with van der Waals surface area (Å²) in [5.74, 6) is -1.01. The highest BCUT2D eigenvalue weighted by Crippen LogP contribution is 2.19. The second-order valence-corrected chi connectivity index (χ2v) is 3.97. The van der Waals surface area contributed by atoms with E-state index in [-0.39, 0.29) is 12.5 Å². The molecule has 0 fully saturated rings. The summed E-state index contributed by atoms with van der Waals surface area (Å²) in [6.45, 7) is 4.07. The fourth-order valence-corrected chi connectivity index (χ4v) is 1.73. The van der Waals surface area contributed by atoms with Crippen molar-refractivity contribution in [3.05, 3.63) is 34.9 Å². The molecule has 0 aliphatic heterocycles. The lowest BCUT2D eigenvalue weighted by atomic mass is 9.97. The molecule has 82 valence electrons. The molecule has 3 nitrogen and oxygen atoms in total. The van der Waals surface area contributed by atoms with Gasteiger partial charge in [0.1, 0.15) is 6.04 Å². The van der Waals surface area contributed by atoms with Crippen LogP contribution in [0.1, 0.15) is 35.6 Å². The number of benzene rings is 1. The molecule has 0 heterocycles. The van der Waals surface area contributed by atoms with Gasteiger partial charge in [0.15, 0.2) is 0 Å². The van der Waals surface area contributed by atoms with Gasteiger partial charge in [-0.3, -0.25) is 0 Å². The zero-order valence-corrected chi connectivity index (χ0v) is 9.25. The summed E-state index contributed by atoms with van der Waals surface area (Å²) in [5.41, 5.74) is 7.49. The number of carbonyl (C=O) groups excluding carboxylic acids is 1. The molecule has 3 N–H and O–H groups in total. The van der Waals surface area contributed by atoms with Crippen molar-refractivity contribution in [3.8, 4) is 0 Å². The van der Waals surface area contributed by atoms with Crippen molar-refractivity contribution < 1.29 is 15.6 Å². The number of carboxylic acids is 1. The summed E-state index contributed by atoms with van der Waals surface area (Å²) in [6, 6.07) is 6.17. The predicted molar refractivity (Wildman–Crippen MR) is 55.8 cm³/mol. The topological polar surface area (TPSA) is 67.8 Å². The van der Waals surface area contributed by atoms with E-state index in [1.54, 1.807) is 0 Å². The molecule has 0 bridgehead atoms. The standard InChI is InChI=1S/C12H17NO2/c1-8-3-4-10(9(2)7-8)11(13)5-6-12(14)15/h3-4,7,11H,5-6,13H2,1-2H3,(H,14,15)/t11-/m1/s1. The normalized spacial score (nSPS) is 12.5. The lowest BCUT2D eigenvalue weighted by Crippen LogP contribution is -2.54. The van der Waals surface area contributed by atoms with E-state index in [0.717, 1.165) is 5.56 Å². The molecule has 1 atom stereocenters. The number of rotatable bonds is 4. The van der Waals surface area contributed by atoms with Gasteiger partial charge in [0.25, 0.3) is 0 Å². The van der Waals surface area contributed by atoms with Crippen LogP contribution in [0.2, 0.25) is 0 Å². The Morgan fingerprint density at radius 2 is 2.13 bits per heavy atom. The zero-order valence-electron chi connectivity index (χ0n) is 9.25. The summed E-state index contributed by atoms with van der Waals surface area (Å²) in [6.07, 6.45) is 0.605. The molecule has 0 radical (unpaired) electrons. The summed E-state index contributed by atoms with van der Waals surface area (Å²) >= 11 is 0. The average molecular weight is 207 g/mol. The Morgan fingerprint density at radius 3 is 2.67 bits per heavy atom. The van der Waals surface area contributed by atoms with Crippen molar-refractivity contribution in [2.75, 3.05) is 0 Å². The third-order valence-corrected chi connectivity index (χ3v) is 2.56. The molecule has 0 aliphatic carbocycles. The van der Waals surface area contributed by atoms with Gasteiger partial charge in [0, 0.05) is 18.0 Å². The minimum atomic E-state index is -1.01. The molecule has 0 amide bonds. The monoisotopic (exact) mass is 207 g/mol. The Hall–Kier alpha value is -1.35. The molecule has 0 aromatic heterocycles. The third kappa shape index (κ3) is 3.36. The highest BCUT2D eigenvalue weighted by atomic mass is 16.4. The smallest absolute Gasteiger partial charge is 0.111 e. The van der Waals surface area contributed by atoms with Crippen LogP contribution in [-0.4, -0.2) is 5.97 Å². The summed E-state index contributed by atoms with van der Waals surface area (Å²) in [5, 5.41) is 10.3. The van der Waals surface area contributed by atoms with E-state index in [4.69, 9.17) is 0 Å². The molecule has 1 aromatic carbocycles. The Morgan fingerprint density at radius 1 is 1.47 bits per heavy atom. The number of aliphatic carboxylic acids is 1. The molecule has 3 heteroatoms. The lowest BCUT2D eigenvalue weighted by molar-refractivity contribution is -0.428. The highest BCUT2D eigenvalue weighted by Gasteiger charge is 2.11. The van der Waals surface area contributed by atoms with Gasteiger partial charge in [-0.1, -0.05) is 23.8 Å². The Balaban J connectivity index is 2.73. The van der Waals surface area contributed by atoms with Gasteiger partial charge < -0.3 is 15.6 Å². The van der Waals surface area contributed by atoms with Gasteiger partial charge in [0.2, 0.25) is 0 Å². The highest BCUT2D eigenvalue weighted by molar-refractivity contribution is 5.64. The molecule has 0 spiro atoms. The first-order valence-corrected chi connectivity index (χ1v) is 5.11. The quantitative estimate of drug-likeness (QED) is 0.761. The fraction of sp³-hybridized carbons (Fsp3) is 0.417. The van der Waals surface area contributed by atoms with Gasteiger partial charge in [-0.15, -0.1) is 0 Å². The van der Waals surface area contributed by atoms with E-state index in [1.807, 2.05) is 26.0 Å². The molecule has 15 heavy (non-hydrogen) atoms. The molecular formula is C12H17NO2. The van der Waals surface area contributed by atoms with Crippen molar-refractivity contribution in [1.82, 2.24) is 0 Å². The predicted octanol–water partition coefficient (Wildman–Crippen LogP) is 0.117. The number of quaternary nitrogens is 1. The van der Waals surface area contributed by atoms with Crippen LogP contribution < -0.4 is 10.8 Å². The van der Waals surface area contributed by atoms with Crippen LogP contribution in [0.15, 0.2) is 18.2 Å². The number of hydrogen-bond acceptors (Lipinski definition) is 2. The largest absolute Gasteiger partial charge is 0.550 e. The first-order chi connectivity index (χ1) is 7.00. The van der Waals surface area contributed by atoms with Crippen LogP contribution >= 0.6 is 0 Å². The van der Waals surface area contributed by atoms with E-state index in [9.17, 15) is 9.90 Å². The van der Waals surface area contributed by atoms with Crippen LogP contribution in [0.3, 0.4) is 0 Å². The number of hydrogen-bond donors (Lipinski definition) is 1. The summed E-state index contributed by atoms with van der Waals surface area (Å²) < 4.78 is 0. The van der Waals surface area contributed by atoms with E-state index in [1.165, 1.54) is 11.1 Å². The van der Waals surface area contributed by atoms with E-state index < -0.39 is 5.97 Å². The number of carbonyl (C=O) groups is 1. The maximum absolute atomic E-state index is 10.3. The Bertz CT molecular complexity index is 361. The molecule has 1 rings (SSSR count). The van der Waals surface area contributed by atoms with Gasteiger partial charge in [0.05, 0.1) is 0 Å². The molecule has 1 aromatic rings. The first-order valence-electron chi connectivity index (χ1n) is 5.11. The number of carboxylic acid groups (broad SMARTS) is 1. The van der Waals surface area contributed by atoms with E-state index in [2.05, 4.69) is 11.8 Å². The van der Waals surface area contributed by atoms with Gasteiger partial charge in [-0.05, 0) is 25.8 Å². The van der Waals surface area contributed by atoms with Crippen molar-refractivity contribution in [2.24, 2.45) is 0 Å². The van der Waals surface area contributed by atoms with Crippen molar-refractivity contribution in [1.29, 1.82) is 0 Å². The van der Waals surface area contributed by atoms with Gasteiger partial charge in [-0.25, -0.2) is 0 Å². The maximum atomic E-state index is 10.3. The third-order valence-electron chi connectivity index (χ3n) is 2.56. The van der Waals surface area contributed by atoms with E-state index in [0.29, 0.717) is 6.42 Å². The Kier molecular flexibility index (Phi) is 3.86. The minimum Gasteiger partial charge on any atom is -0.550 e. The average Bonchev–Trinajstić information content (AvgIpc) is 2.14. The number of aryl methyl sites for hydroxylation is 2. The molecule has 0 saturated carbocycles. The van der Waals surface area contributed by atoms with Crippen LogP contribution in [0, 0.1) is 13.8 Å². The van der Waals surface area contributed by atoms with E-state index >= 15 is 0 Å². The molecule has 0 aliphatic rings. The van der Waals surface area contributed by atoms with Crippen LogP contribution in [0.25, 0.3) is 0 Å². The summed E-state index contributed by atoms with van der Waals surface area (Å²) in [7, 11) is 0. The van der Waals surface area contributed by atoms with Crippen molar-refractivity contribution in [3.63, 3.8) is 0 Å². The first kappa shape index (κ1) is 11.7. The zero-order chi connectivity index (χ0) is 11.4. The van der Waals surface area contributed by atoms with Crippen molar-refractivity contribution in [2.45, 2.75) is 32.7 Å². The van der Waals surface area contributed by atoms with Crippen LogP contribution in [0.4, 0.5) is 0 Å². The SMILES string of the molecule is Cc1ccc([C@H]([NH3+])CCC(=O)[O-])c(C)c1. The van der Waals surface area contributed by atoms with Gasteiger partial charge in [-0.2, -0.15) is 0 Å². The maximum Gasteiger partial charge on any atom is 0.111 e. The van der Waals surface area contributed by atoms with Gasteiger partial charge >= 0.3 is 0 Å². The molecule has 0 unspecified atom stereocenters. The lowest BCUT2D eigenvalue weighted by Gasteiger charge is -2.12. The fourth-order valence-electron chi connectivity index (χ4n) is 1.73. The molecular weight excluding hydrogens is 190 g/mol. The van der Waals surface area contributed by atoms with Crippen LogP contribution in [0.5, 0.6) is 0 Å².